The van der Waals surface area contributed by atoms with Crippen LogP contribution in [0.15, 0.2) is 0 Å². The van der Waals surface area contributed by atoms with E-state index >= 15 is 0 Å². The predicted molar refractivity (Wildman–Crippen MR) is 91.9 cm³/mol. The van der Waals surface area contributed by atoms with Gasteiger partial charge >= 0.3 is 0 Å². The molecule has 24 heavy (non-hydrogen) atoms. The van der Waals surface area contributed by atoms with Crippen molar-refractivity contribution >= 4 is 18.0 Å². The second kappa shape index (κ2) is 15.2. The van der Waals surface area contributed by atoms with Crippen molar-refractivity contribution in [2.24, 2.45) is 5.92 Å². The van der Waals surface area contributed by atoms with Gasteiger partial charge in [0.2, 0.25) is 5.91 Å². The Kier molecular flexibility index (Phi) is 14.4. The van der Waals surface area contributed by atoms with Crippen LogP contribution >= 0.6 is 0 Å². The zero-order chi connectivity index (χ0) is 18.2. The summed E-state index contributed by atoms with van der Waals surface area (Å²) in [4.78, 5) is 34.4. The van der Waals surface area contributed by atoms with Gasteiger partial charge < -0.3 is 24.9 Å². The molecule has 2 N–H and O–H groups in total. The molecule has 0 fully saturated rings. The van der Waals surface area contributed by atoms with E-state index in [0.717, 1.165) is 19.4 Å². The third kappa shape index (κ3) is 12.2. The second-order valence-electron chi connectivity index (χ2n) is 5.79. The molecule has 0 rings (SSSR count). The summed E-state index contributed by atoms with van der Waals surface area (Å²) in [7, 11) is 0. The van der Waals surface area contributed by atoms with Crippen LogP contribution in [0.4, 0.5) is 0 Å². The maximum Gasteiger partial charge on any atom is 0.246 e. The highest BCUT2D eigenvalue weighted by Gasteiger charge is 2.22. The lowest BCUT2D eigenvalue weighted by Crippen LogP contribution is -2.44. The quantitative estimate of drug-likeness (QED) is 0.316. The first-order valence-corrected chi connectivity index (χ1v) is 8.65. The lowest BCUT2D eigenvalue weighted by molar-refractivity contribution is -0.132. The minimum Gasteiger partial charge on any atom is -0.378 e. The summed E-state index contributed by atoms with van der Waals surface area (Å²) in [5.41, 5.74) is 0. The fourth-order valence-corrected chi connectivity index (χ4v) is 2.04. The van der Waals surface area contributed by atoms with Crippen LogP contribution in [0.2, 0.25) is 0 Å². The average molecular weight is 344 g/mol. The van der Waals surface area contributed by atoms with Crippen LogP contribution in [0.25, 0.3) is 0 Å². The molecule has 0 aromatic heterocycles. The van der Waals surface area contributed by atoms with Crippen LogP contribution in [0.5, 0.6) is 0 Å². The minimum atomic E-state index is -0.558. The number of aldehydes is 1. The molecule has 0 aliphatic heterocycles. The monoisotopic (exact) mass is 344 g/mol. The molecule has 0 saturated heterocycles. The van der Waals surface area contributed by atoms with Gasteiger partial charge in [-0.15, -0.1) is 0 Å². The van der Waals surface area contributed by atoms with Gasteiger partial charge in [-0.1, -0.05) is 20.8 Å². The lowest BCUT2D eigenvalue weighted by Gasteiger charge is -2.19. The molecular formula is C17H32N2O5. The number of likely N-dealkylation sites (N-methyl/N-ethyl adjacent to an activating group) is 1. The summed E-state index contributed by atoms with van der Waals surface area (Å²) in [5, 5.41) is 5.83. The van der Waals surface area contributed by atoms with E-state index in [9.17, 15) is 14.4 Å². The standard InChI is InChI=1S/C17H32N2O5/c1-4-18-8-10-23-11-12-24-13-16(21)19-15(7-5-6-9-20)17(22)14(2)3/h9,14-15,18H,4-8,10-13H2,1-3H3,(H,19,21). The van der Waals surface area contributed by atoms with Gasteiger partial charge in [0, 0.05) is 18.9 Å². The van der Waals surface area contributed by atoms with Gasteiger partial charge in [-0.25, -0.2) is 0 Å². The molecular weight excluding hydrogens is 312 g/mol. The van der Waals surface area contributed by atoms with Crippen molar-refractivity contribution in [1.29, 1.82) is 0 Å². The minimum absolute atomic E-state index is 0.0268. The molecule has 0 aromatic rings. The van der Waals surface area contributed by atoms with Crippen molar-refractivity contribution in [3.05, 3.63) is 0 Å². The predicted octanol–water partition coefficient (Wildman–Crippen LogP) is 0.708. The highest BCUT2D eigenvalue weighted by molar-refractivity contribution is 5.90. The van der Waals surface area contributed by atoms with Crippen molar-refractivity contribution in [3.8, 4) is 0 Å². The topological polar surface area (TPSA) is 93.7 Å². The highest BCUT2D eigenvalue weighted by atomic mass is 16.5. The summed E-state index contributed by atoms with van der Waals surface area (Å²) in [6.45, 7) is 8.56. The van der Waals surface area contributed by atoms with Gasteiger partial charge in [-0.3, -0.25) is 9.59 Å². The number of hydrogen-bond donors (Lipinski definition) is 2. The molecule has 0 aliphatic rings. The fourth-order valence-electron chi connectivity index (χ4n) is 2.04. The van der Waals surface area contributed by atoms with E-state index in [1.165, 1.54) is 0 Å². The number of hydrogen-bond acceptors (Lipinski definition) is 6. The molecule has 0 aromatic carbocycles. The summed E-state index contributed by atoms with van der Waals surface area (Å²) in [6.07, 6.45) is 2.25. The van der Waals surface area contributed by atoms with Crippen LogP contribution in [-0.2, 0) is 23.9 Å². The largest absolute Gasteiger partial charge is 0.378 e. The Morgan fingerprint density at radius 1 is 1.12 bits per heavy atom. The molecule has 0 heterocycles. The van der Waals surface area contributed by atoms with Crippen LogP contribution in [-0.4, -0.2) is 63.5 Å². The van der Waals surface area contributed by atoms with Crippen molar-refractivity contribution in [3.63, 3.8) is 0 Å². The van der Waals surface area contributed by atoms with Gasteiger partial charge in [0.1, 0.15) is 12.9 Å². The Morgan fingerprint density at radius 2 is 1.83 bits per heavy atom. The first kappa shape index (κ1) is 22.7. The average Bonchev–Trinajstić information content (AvgIpc) is 2.55. The molecule has 1 amide bonds. The van der Waals surface area contributed by atoms with Gasteiger partial charge in [-0.2, -0.15) is 0 Å². The SMILES string of the molecule is CCNCCOCCOCC(=O)NC(CCCC=O)C(=O)C(C)C. The summed E-state index contributed by atoms with van der Waals surface area (Å²) in [6, 6.07) is -0.558. The van der Waals surface area contributed by atoms with E-state index in [0.29, 0.717) is 39.1 Å². The fraction of sp³-hybridized carbons (Fsp3) is 0.824. The molecule has 140 valence electrons. The van der Waals surface area contributed by atoms with Gasteiger partial charge in [0.25, 0.3) is 0 Å². The zero-order valence-electron chi connectivity index (χ0n) is 15.1. The van der Waals surface area contributed by atoms with Gasteiger partial charge in [0.05, 0.1) is 25.9 Å². The van der Waals surface area contributed by atoms with E-state index in [-0.39, 0.29) is 24.2 Å². The number of amides is 1. The number of nitrogens with one attached hydrogen (secondary N) is 2. The summed E-state index contributed by atoms with van der Waals surface area (Å²) in [5.74, 6) is -0.522. The third-order valence-electron chi connectivity index (χ3n) is 3.34. The Balaban J connectivity index is 3.95. The van der Waals surface area contributed by atoms with Crippen LogP contribution < -0.4 is 10.6 Å². The molecule has 0 radical (unpaired) electrons. The molecule has 0 saturated carbocycles. The molecule has 0 spiro atoms. The smallest absolute Gasteiger partial charge is 0.246 e. The summed E-state index contributed by atoms with van der Waals surface area (Å²) >= 11 is 0. The number of carbonyl (C=O) groups is 3. The first-order chi connectivity index (χ1) is 11.5. The first-order valence-electron chi connectivity index (χ1n) is 8.65. The summed E-state index contributed by atoms with van der Waals surface area (Å²) < 4.78 is 10.6. The van der Waals surface area contributed by atoms with E-state index in [1.54, 1.807) is 13.8 Å². The molecule has 1 unspecified atom stereocenters. The maximum absolute atomic E-state index is 12.1. The lowest BCUT2D eigenvalue weighted by atomic mass is 9.97. The number of unbranched alkanes of at least 4 members (excludes halogenated alkanes) is 1. The van der Waals surface area contributed by atoms with E-state index in [2.05, 4.69) is 10.6 Å². The maximum atomic E-state index is 12.1. The molecule has 0 aliphatic carbocycles. The normalized spacial score (nSPS) is 12.2. The Hall–Kier alpha value is -1.31. The highest BCUT2D eigenvalue weighted by Crippen LogP contribution is 2.07. The molecule has 1 atom stereocenters. The van der Waals surface area contributed by atoms with Gasteiger partial charge in [-0.05, 0) is 19.4 Å². The molecule has 0 bridgehead atoms. The molecule has 7 nitrogen and oxygen atoms in total. The third-order valence-corrected chi connectivity index (χ3v) is 3.34. The van der Waals surface area contributed by atoms with E-state index in [4.69, 9.17) is 9.47 Å². The Morgan fingerprint density at radius 3 is 2.46 bits per heavy atom. The number of ether oxygens (including phenoxy) is 2. The van der Waals surface area contributed by atoms with Crippen LogP contribution in [0, 0.1) is 5.92 Å². The van der Waals surface area contributed by atoms with Crippen molar-refractivity contribution in [2.45, 2.75) is 46.1 Å². The zero-order valence-corrected chi connectivity index (χ0v) is 15.1. The van der Waals surface area contributed by atoms with Gasteiger partial charge in [0.15, 0.2) is 5.78 Å². The second-order valence-corrected chi connectivity index (χ2v) is 5.79. The van der Waals surface area contributed by atoms with E-state index in [1.807, 2.05) is 6.92 Å². The van der Waals surface area contributed by atoms with Crippen molar-refractivity contribution < 1.29 is 23.9 Å². The number of carbonyl (C=O) groups excluding carboxylic acids is 3. The number of rotatable bonds is 16. The van der Waals surface area contributed by atoms with E-state index < -0.39 is 6.04 Å². The van der Waals surface area contributed by atoms with Crippen molar-refractivity contribution in [2.75, 3.05) is 39.5 Å². The van der Waals surface area contributed by atoms with Crippen molar-refractivity contribution in [1.82, 2.24) is 10.6 Å². The Labute approximate surface area is 144 Å². The number of ketones is 1. The van der Waals surface area contributed by atoms with Crippen LogP contribution in [0.1, 0.15) is 40.0 Å². The number of Topliss-reactive ketones (excluding diaryl/α,β-unsaturated/α-hetero) is 1. The van der Waals surface area contributed by atoms with Crippen LogP contribution in [0.3, 0.4) is 0 Å². The Bertz CT molecular complexity index is 361. The molecule has 7 heteroatoms.